The first-order valence-electron chi connectivity index (χ1n) is 6.83. The minimum atomic E-state index is -0.717. The number of carbonyl (C=O) groups is 1. The molecule has 5 heteroatoms. The van der Waals surface area contributed by atoms with Gasteiger partial charge in [0.1, 0.15) is 11.6 Å². The van der Waals surface area contributed by atoms with Crippen molar-refractivity contribution in [2.45, 2.75) is 25.4 Å². The van der Waals surface area contributed by atoms with Crippen LogP contribution in [0.5, 0.6) is 0 Å². The summed E-state index contributed by atoms with van der Waals surface area (Å²) in [6.45, 7) is 2.34. The molecule has 110 valence electrons. The van der Waals surface area contributed by atoms with Crippen LogP contribution in [-0.2, 0) is 4.74 Å². The van der Waals surface area contributed by atoms with E-state index in [-0.39, 0.29) is 23.9 Å². The van der Waals surface area contributed by atoms with Gasteiger partial charge in [-0.25, -0.2) is 8.78 Å². The highest BCUT2D eigenvalue weighted by molar-refractivity contribution is 5.96. The van der Waals surface area contributed by atoms with Gasteiger partial charge < -0.3 is 9.64 Å². The Morgan fingerprint density at radius 2 is 2.05 bits per heavy atom. The summed E-state index contributed by atoms with van der Waals surface area (Å²) in [5.41, 5.74) is 0.0998. The fraction of sp³-hybridized carbons (Fsp3) is 0.533. The van der Waals surface area contributed by atoms with Crippen molar-refractivity contribution in [3.05, 3.63) is 35.4 Å². The van der Waals surface area contributed by atoms with Crippen LogP contribution in [0.1, 0.15) is 29.6 Å². The summed E-state index contributed by atoms with van der Waals surface area (Å²) in [7, 11) is 1.69. The number of Topliss-reactive ketones (excluding diaryl/α,β-unsaturated/α-hetero) is 1. The van der Waals surface area contributed by atoms with Gasteiger partial charge in [0.25, 0.3) is 0 Å². The highest BCUT2D eigenvalue weighted by Crippen LogP contribution is 2.14. The number of rotatable bonds is 5. The maximum absolute atomic E-state index is 13.1. The molecule has 1 aromatic carbocycles. The van der Waals surface area contributed by atoms with Gasteiger partial charge in [-0.05, 0) is 31.5 Å². The van der Waals surface area contributed by atoms with Crippen molar-refractivity contribution in [3.63, 3.8) is 0 Å². The number of carbonyl (C=O) groups excluding carboxylic acids is 1. The number of hydrogen-bond donors (Lipinski definition) is 0. The molecule has 2 rings (SSSR count). The van der Waals surface area contributed by atoms with Crippen LogP contribution >= 0.6 is 0 Å². The molecule has 1 atom stereocenters. The molecule has 20 heavy (non-hydrogen) atoms. The molecule has 1 saturated heterocycles. The predicted molar refractivity (Wildman–Crippen MR) is 71.8 cm³/mol. The summed E-state index contributed by atoms with van der Waals surface area (Å²) < 4.78 is 31.4. The van der Waals surface area contributed by atoms with Crippen molar-refractivity contribution in [2.75, 3.05) is 26.7 Å². The van der Waals surface area contributed by atoms with Crippen molar-refractivity contribution < 1.29 is 18.3 Å². The third-order valence-electron chi connectivity index (χ3n) is 3.64. The molecule has 0 aromatic heterocycles. The standard InChI is InChI=1S/C15H19F2NO2/c1-20-14-3-2-5-18(10-14)6-4-15(19)11-7-12(16)9-13(17)8-11/h7-9,14H,2-6,10H2,1H3. The van der Waals surface area contributed by atoms with E-state index < -0.39 is 11.6 Å². The van der Waals surface area contributed by atoms with Crippen molar-refractivity contribution in [1.29, 1.82) is 0 Å². The minimum Gasteiger partial charge on any atom is -0.380 e. The van der Waals surface area contributed by atoms with Crippen molar-refractivity contribution in [2.24, 2.45) is 0 Å². The van der Waals surface area contributed by atoms with Gasteiger partial charge >= 0.3 is 0 Å². The number of halogens is 2. The van der Waals surface area contributed by atoms with Crippen LogP contribution in [0.3, 0.4) is 0 Å². The number of benzene rings is 1. The zero-order valence-corrected chi connectivity index (χ0v) is 11.6. The first kappa shape index (κ1) is 15.1. The summed E-state index contributed by atoms with van der Waals surface area (Å²) >= 11 is 0. The second kappa shape index (κ2) is 6.90. The molecule has 1 aliphatic heterocycles. The molecule has 1 aromatic rings. The lowest BCUT2D eigenvalue weighted by atomic mass is 10.1. The molecule has 0 N–H and O–H groups in total. The maximum Gasteiger partial charge on any atom is 0.164 e. The smallest absolute Gasteiger partial charge is 0.164 e. The van der Waals surface area contributed by atoms with Gasteiger partial charge in [-0.2, -0.15) is 0 Å². The lowest BCUT2D eigenvalue weighted by Gasteiger charge is -2.31. The van der Waals surface area contributed by atoms with E-state index in [4.69, 9.17) is 4.74 Å². The van der Waals surface area contributed by atoms with E-state index in [1.807, 2.05) is 0 Å². The van der Waals surface area contributed by atoms with Gasteiger partial charge in [0, 0.05) is 38.2 Å². The van der Waals surface area contributed by atoms with E-state index in [1.165, 1.54) is 0 Å². The second-order valence-corrected chi connectivity index (χ2v) is 5.13. The molecular formula is C15H19F2NO2. The number of likely N-dealkylation sites (tertiary alicyclic amines) is 1. The van der Waals surface area contributed by atoms with E-state index in [1.54, 1.807) is 7.11 Å². The fourth-order valence-corrected chi connectivity index (χ4v) is 2.53. The van der Waals surface area contributed by atoms with Gasteiger partial charge in [-0.15, -0.1) is 0 Å². The zero-order valence-electron chi connectivity index (χ0n) is 11.6. The zero-order chi connectivity index (χ0) is 14.5. The van der Waals surface area contributed by atoms with E-state index in [0.717, 1.165) is 44.1 Å². The molecule has 0 spiro atoms. The quantitative estimate of drug-likeness (QED) is 0.778. The third kappa shape index (κ3) is 4.08. The summed E-state index contributed by atoms with van der Waals surface area (Å²) in [5, 5.41) is 0. The summed E-state index contributed by atoms with van der Waals surface area (Å²) in [5.74, 6) is -1.67. The number of hydrogen-bond acceptors (Lipinski definition) is 3. The number of ketones is 1. The second-order valence-electron chi connectivity index (χ2n) is 5.13. The van der Waals surface area contributed by atoms with E-state index in [9.17, 15) is 13.6 Å². The van der Waals surface area contributed by atoms with Gasteiger partial charge in [-0.1, -0.05) is 0 Å². The Hall–Kier alpha value is -1.33. The number of methoxy groups -OCH3 is 1. The molecular weight excluding hydrogens is 264 g/mol. The average molecular weight is 283 g/mol. The Morgan fingerprint density at radius 3 is 2.70 bits per heavy atom. The molecule has 0 bridgehead atoms. The largest absolute Gasteiger partial charge is 0.380 e. The van der Waals surface area contributed by atoms with E-state index >= 15 is 0 Å². The summed E-state index contributed by atoms with van der Waals surface area (Å²) in [4.78, 5) is 14.1. The van der Waals surface area contributed by atoms with Crippen LogP contribution in [0.15, 0.2) is 18.2 Å². The Morgan fingerprint density at radius 1 is 1.35 bits per heavy atom. The summed E-state index contributed by atoms with van der Waals surface area (Å²) in [6.07, 6.45) is 2.56. The van der Waals surface area contributed by atoms with Crippen molar-refractivity contribution in [3.8, 4) is 0 Å². The third-order valence-corrected chi connectivity index (χ3v) is 3.64. The van der Waals surface area contributed by atoms with E-state index in [0.29, 0.717) is 6.54 Å². The molecule has 0 aliphatic carbocycles. The summed E-state index contributed by atoms with van der Waals surface area (Å²) in [6, 6.07) is 2.93. The van der Waals surface area contributed by atoms with E-state index in [2.05, 4.69) is 4.90 Å². The molecule has 1 unspecified atom stereocenters. The molecule has 0 amide bonds. The Balaban J connectivity index is 1.88. The number of nitrogens with zero attached hydrogens (tertiary/aromatic N) is 1. The fourth-order valence-electron chi connectivity index (χ4n) is 2.53. The molecule has 0 saturated carbocycles. The molecule has 1 heterocycles. The lowest BCUT2D eigenvalue weighted by Crippen LogP contribution is -2.40. The Labute approximate surface area is 117 Å². The highest BCUT2D eigenvalue weighted by Gasteiger charge is 2.20. The topological polar surface area (TPSA) is 29.5 Å². The molecule has 1 fully saturated rings. The van der Waals surface area contributed by atoms with Gasteiger partial charge in [0.2, 0.25) is 0 Å². The van der Waals surface area contributed by atoms with Crippen molar-refractivity contribution in [1.82, 2.24) is 4.90 Å². The highest BCUT2D eigenvalue weighted by atomic mass is 19.1. The van der Waals surface area contributed by atoms with Gasteiger partial charge in [0.15, 0.2) is 5.78 Å². The minimum absolute atomic E-state index is 0.0998. The van der Waals surface area contributed by atoms with Crippen LogP contribution in [-0.4, -0.2) is 43.5 Å². The molecule has 0 radical (unpaired) electrons. The van der Waals surface area contributed by atoms with Crippen LogP contribution in [0.4, 0.5) is 8.78 Å². The van der Waals surface area contributed by atoms with Gasteiger partial charge in [0.05, 0.1) is 6.10 Å². The van der Waals surface area contributed by atoms with Crippen LogP contribution in [0.2, 0.25) is 0 Å². The van der Waals surface area contributed by atoms with Crippen LogP contribution in [0, 0.1) is 11.6 Å². The lowest BCUT2D eigenvalue weighted by molar-refractivity contribution is 0.0309. The predicted octanol–water partition coefficient (Wildman–Crippen LogP) is 2.65. The van der Waals surface area contributed by atoms with Crippen molar-refractivity contribution >= 4 is 5.78 Å². The first-order valence-corrected chi connectivity index (χ1v) is 6.83. The van der Waals surface area contributed by atoms with Crippen LogP contribution in [0.25, 0.3) is 0 Å². The van der Waals surface area contributed by atoms with Gasteiger partial charge in [-0.3, -0.25) is 4.79 Å². The Bertz CT molecular complexity index is 459. The molecule has 1 aliphatic rings. The Kier molecular flexibility index (Phi) is 5.20. The average Bonchev–Trinajstić information content (AvgIpc) is 2.44. The molecule has 3 nitrogen and oxygen atoms in total. The number of ether oxygens (including phenoxy) is 1. The monoisotopic (exact) mass is 283 g/mol. The SMILES string of the molecule is COC1CCCN(CCC(=O)c2cc(F)cc(F)c2)C1. The van der Waals surface area contributed by atoms with Crippen LogP contribution < -0.4 is 0 Å². The first-order chi connectivity index (χ1) is 9.58. The normalized spacial score (nSPS) is 20.1. The maximum atomic E-state index is 13.1. The number of piperidine rings is 1.